The van der Waals surface area contributed by atoms with Gasteiger partial charge in [0.05, 0.1) is 6.61 Å². The van der Waals surface area contributed by atoms with Crippen molar-refractivity contribution < 1.29 is 5.11 Å². The number of likely N-dealkylation sites (N-methyl/N-ethyl adjacent to an activating group) is 1. The topological polar surface area (TPSA) is 49.5 Å². The van der Waals surface area contributed by atoms with Crippen LogP contribution in [-0.2, 0) is 6.54 Å². The van der Waals surface area contributed by atoms with E-state index in [1.54, 1.807) is 0 Å². The van der Waals surface area contributed by atoms with Crippen LogP contribution in [0.25, 0.3) is 0 Å². The summed E-state index contributed by atoms with van der Waals surface area (Å²) in [6.45, 7) is 2.85. The van der Waals surface area contributed by atoms with Crippen LogP contribution in [0.2, 0.25) is 0 Å². The second kappa shape index (κ2) is 5.94. The summed E-state index contributed by atoms with van der Waals surface area (Å²) in [6, 6.07) is 7.95. The van der Waals surface area contributed by atoms with Gasteiger partial charge in [0.2, 0.25) is 0 Å². The van der Waals surface area contributed by atoms with Crippen molar-refractivity contribution in [3.63, 3.8) is 0 Å². The Bertz CT molecular complexity index is 368. The number of thiocarbonyl (C=S) groups is 1. The van der Waals surface area contributed by atoms with Gasteiger partial charge in [-0.15, -0.1) is 0 Å². The van der Waals surface area contributed by atoms with Crippen LogP contribution in [0, 0.1) is 0 Å². The van der Waals surface area contributed by atoms with Gasteiger partial charge in [-0.1, -0.05) is 36.5 Å². The number of hydrogen-bond acceptors (Lipinski definition) is 3. The van der Waals surface area contributed by atoms with E-state index in [0.717, 1.165) is 17.7 Å². The molecule has 0 saturated carbocycles. The van der Waals surface area contributed by atoms with Crippen LogP contribution in [0.5, 0.6) is 0 Å². The molecule has 0 aliphatic carbocycles. The third-order valence-electron chi connectivity index (χ3n) is 2.72. The van der Waals surface area contributed by atoms with Gasteiger partial charge in [0.15, 0.2) is 0 Å². The second-order valence-corrected chi connectivity index (χ2v) is 4.41. The number of aliphatic hydroxyl groups is 1. The fourth-order valence-electron chi connectivity index (χ4n) is 1.46. The fourth-order valence-corrected chi connectivity index (χ4v) is 1.66. The van der Waals surface area contributed by atoms with Crippen LogP contribution in [0.15, 0.2) is 24.3 Å². The first kappa shape index (κ1) is 13.1. The lowest BCUT2D eigenvalue weighted by Crippen LogP contribution is -2.32. The smallest absolute Gasteiger partial charge is 0.104 e. The summed E-state index contributed by atoms with van der Waals surface area (Å²) >= 11 is 5.01. The van der Waals surface area contributed by atoms with Gasteiger partial charge in [0, 0.05) is 18.2 Å². The minimum absolute atomic E-state index is 0.124. The summed E-state index contributed by atoms with van der Waals surface area (Å²) in [5.41, 5.74) is 7.67. The average molecular weight is 238 g/mol. The second-order valence-electron chi connectivity index (χ2n) is 3.97. The molecule has 0 bridgehead atoms. The Morgan fingerprint density at radius 2 is 2.12 bits per heavy atom. The molecule has 3 nitrogen and oxygen atoms in total. The highest BCUT2D eigenvalue weighted by atomic mass is 32.1. The van der Waals surface area contributed by atoms with Crippen molar-refractivity contribution in [2.75, 3.05) is 13.7 Å². The highest BCUT2D eigenvalue weighted by Crippen LogP contribution is 2.12. The van der Waals surface area contributed by atoms with Gasteiger partial charge in [-0.25, -0.2) is 0 Å². The lowest BCUT2D eigenvalue weighted by molar-refractivity contribution is 0.154. The molecule has 1 aromatic carbocycles. The van der Waals surface area contributed by atoms with Gasteiger partial charge in [-0.2, -0.15) is 0 Å². The van der Waals surface area contributed by atoms with E-state index in [2.05, 4.69) is 4.90 Å². The largest absolute Gasteiger partial charge is 0.395 e. The summed E-state index contributed by atoms with van der Waals surface area (Å²) in [4.78, 5) is 2.48. The highest BCUT2D eigenvalue weighted by Gasteiger charge is 2.11. The van der Waals surface area contributed by atoms with Crippen molar-refractivity contribution in [3.05, 3.63) is 35.4 Å². The molecule has 0 saturated heterocycles. The van der Waals surface area contributed by atoms with E-state index >= 15 is 0 Å². The number of aliphatic hydroxyl groups excluding tert-OH is 1. The van der Waals surface area contributed by atoms with Crippen molar-refractivity contribution in [2.45, 2.75) is 19.5 Å². The molecule has 0 amide bonds. The molecule has 4 heteroatoms. The quantitative estimate of drug-likeness (QED) is 0.755. The number of nitrogens with two attached hydrogens (primary N) is 1. The van der Waals surface area contributed by atoms with Crippen LogP contribution in [0.3, 0.4) is 0 Å². The van der Waals surface area contributed by atoms with Crippen LogP contribution in [0.4, 0.5) is 0 Å². The fraction of sp³-hybridized carbons (Fsp3) is 0.417. The van der Waals surface area contributed by atoms with E-state index in [4.69, 9.17) is 23.1 Å². The first-order valence-corrected chi connectivity index (χ1v) is 5.66. The summed E-state index contributed by atoms with van der Waals surface area (Å²) in [5, 5.41) is 9.07. The molecule has 0 heterocycles. The van der Waals surface area contributed by atoms with Crippen LogP contribution in [-0.4, -0.2) is 34.7 Å². The minimum atomic E-state index is 0.124. The zero-order valence-electron chi connectivity index (χ0n) is 9.68. The summed E-state index contributed by atoms with van der Waals surface area (Å²) < 4.78 is 0. The Balaban J connectivity index is 2.84. The van der Waals surface area contributed by atoms with Crippen LogP contribution in [0.1, 0.15) is 18.1 Å². The monoisotopic (exact) mass is 238 g/mol. The molecule has 1 unspecified atom stereocenters. The molecule has 3 N–H and O–H groups in total. The Hall–Kier alpha value is -0.970. The van der Waals surface area contributed by atoms with Gasteiger partial charge in [0.25, 0.3) is 0 Å². The summed E-state index contributed by atoms with van der Waals surface area (Å²) in [5.74, 6) is 0. The number of benzene rings is 1. The van der Waals surface area contributed by atoms with Gasteiger partial charge in [0.1, 0.15) is 4.99 Å². The van der Waals surface area contributed by atoms with E-state index in [1.165, 1.54) is 0 Å². The first-order chi connectivity index (χ1) is 7.56. The minimum Gasteiger partial charge on any atom is -0.395 e. The van der Waals surface area contributed by atoms with Crippen LogP contribution < -0.4 is 5.73 Å². The van der Waals surface area contributed by atoms with Gasteiger partial charge < -0.3 is 10.8 Å². The Kier molecular flexibility index (Phi) is 4.86. The van der Waals surface area contributed by atoms with E-state index in [1.807, 2.05) is 38.2 Å². The van der Waals surface area contributed by atoms with Crippen molar-refractivity contribution in [1.82, 2.24) is 4.90 Å². The molecule has 16 heavy (non-hydrogen) atoms. The maximum Gasteiger partial charge on any atom is 0.104 e. The lowest BCUT2D eigenvalue weighted by Gasteiger charge is -2.23. The Labute approximate surface area is 102 Å². The van der Waals surface area contributed by atoms with E-state index < -0.39 is 0 Å². The van der Waals surface area contributed by atoms with Gasteiger partial charge in [-0.3, -0.25) is 4.90 Å². The molecule has 0 spiro atoms. The van der Waals surface area contributed by atoms with Crippen molar-refractivity contribution in [1.29, 1.82) is 0 Å². The number of nitrogens with zero attached hydrogens (tertiary/aromatic N) is 1. The normalized spacial score (nSPS) is 12.8. The molecule has 0 aliphatic rings. The molecule has 1 rings (SSSR count). The zero-order chi connectivity index (χ0) is 12.1. The molecular weight excluding hydrogens is 220 g/mol. The van der Waals surface area contributed by atoms with Crippen molar-refractivity contribution >= 4 is 17.2 Å². The standard InChI is InChI=1S/C12H18N2OS/c1-9(8-15)14(2)7-10-5-3-4-6-11(10)12(13)16/h3-6,9,15H,7-8H2,1-2H3,(H2,13,16). The Morgan fingerprint density at radius 3 is 2.69 bits per heavy atom. The molecule has 0 radical (unpaired) electrons. The molecule has 88 valence electrons. The molecule has 1 aromatic rings. The molecule has 1 atom stereocenters. The highest BCUT2D eigenvalue weighted by molar-refractivity contribution is 7.80. The summed E-state index contributed by atoms with van der Waals surface area (Å²) in [6.07, 6.45) is 0. The SMILES string of the molecule is CC(CO)N(C)Cc1ccccc1C(N)=S. The summed E-state index contributed by atoms with van der Waals surface area (Å²) in [7, 11) is 1.97. The molecule has 0 fully saturated rings. The zero-order valence-corrected chi connectivity index (χ0v) is 10.5. The molecule has 0 aromatic heterocycles. The molecular formula is C12H18N2OS. The predicted octanol–water partition coefficient (Wildman–Crippen LogP) is 1.13. The lowest BCUT2D eigenvalue weighted by atomic mass is 10.1. The maximum absolute atomic E-state index is 9.07. The van der Waals surface area contributed by atoms with Gasteiger partial charge in [-0.05, 0) is 19.5 Å². The van der Waals surface area contributed by atoms with Crippen molar-refractivity contribution in [3.8, 4) is 0 Å². The molecule has 0 aliphatic heterocycles. The van der Waals surface area contributed by atoms with E-state index in [-0.39, 0.29) is 12.6 Å². The predicted molar refractivity (Wildman–Crippen MR) is 70.3 cm³/mol. The van der Waals surface area contributed by atoms with E-state index in [0.29, 0.717) is 4.99 Å². The van der Waals surface area contributed by atoms with E-state index in [9.17, 15) is 0 Å². The third-order valence-corrected chi connectivity index (χ3v) is 2.94. The number of rotatable bonds is 5. The first-order valence-electron chi connectivity index (χ1n) is 5.25. The maximum atomic E-state index is 9.07. The average Bonchev–Trinajstić information content (AvgIpc) is 2.28. The van der Waals surface area contributed by atoms with Crippen molar-refractivity contribution in [2.24, 2.45) is 5.73 Å². The number of hydrogen-bond donors (Lipinski definition) is 2. The van der Waals surface area contributed by atoms with Gasteiger partial charge >= 0.3 is 0 Å². The van der Waals surface area contributed by atoms with Crippen LogP contribution >= 0.6 is 12.2 Å². The Morgan fingerprint density at radius 1 is 1.50 bits per heavy atom. The third kappa shape index (κ3) is 3.27.